The first-order chi connectivity index (χ1) is 28.4. The van der Waals surface area contributed by atoms with Crippen LogP contribution >= 0.6 is 12.6 Å². The number of alkyl halides is 3. The smallest absolute Gasteiger partial charge is 0.417 e. The van der Waals surface area contributed by atoms with E-state index in [4.69, 9.17) is 17.4 Å². The maximum absolute atomic E-state index is 13.8. The summed E-state index contributed by atoms with van der Waals surface area (Å²) in [5.74, 6) is -0.202. The van der Waals surface area contributed by atoms with Gasteiger partial charge >= 0.3 is 6.18 Å². The maximum Gasteiger partial charge on any atom is 0.417 e. The van der Waals surface area contributed by atoms with E-state index < -0.39 is 40.3 Å². The van der Waals surface area contributed by atoms with Crippen molar-refractivity contribution in [3.8, 4) is 11.8 Å². The van der Waals surface area contributed by atoms with E-state index in [0.29, 0.717) is 36.6 Å². The number of nitrogens with zero attached hydrogens (tertiary/aromatic N) is 5. The van der Waals surface area contributed by atoms with E-state index in [2.05, 4.69) is 39.6 Å². The summed E-state index contributed by atoms with van der Waals surface area (Å²) < 4.78 is 47.9. The first-order valence-electron chi connectivity index (χ1n) is 20.1. The number of hydrogen-bond donors (Lipinski definition) is 4. The molecule has 4 fully saturated rings. The minimum Gasteiger partial charge on any atom is -0.492 e. The Bertz CT molecular complexity index is 2200. The van der Waals surface area contributed by atoms with Crippen molar-refractivity contribution in [3.05, 3.63) is 77.4 Å². The number of amides is 4. The summed E-state index contributed by atoms with van der Waals surface area (Å²) in [5, 5.41) is 17.7. The van der Waals surface area contributed by atoms with Crippen LogP contribution in [0.3, 0.4) is 0 Å². The van der Waals surface area contributed by atoms with Crippen molar-refractivity contribution in [2.24, 2.45) is 0 Å². The quantitative estimate of drug-likeness (QED) is 0.128. The van der Waals surface area contributed by atoms with Crippen LogP contribution in [0.25, 0.3) is 0 Å². The third kappa shape index (κ3) is 9.05. The fourth-order valence-corrected chi connectivity index (χ4v) is 9.15. The molecule has 4 amide bonds. The predicted molar refractivity (Wildman–Crippen MR) is 224 cm³/mol. The number of nitriles is 1. The molecule has 3 heterocycles. The van der Waals surface area contributed by atoms with Crippen molar-refractivity contribution in [2.75, 3.05) is 53.2 Å². The summed E-state index contributed by atoms with van der Waals surface area (Å²) in [4.78, 5) is 58.2. The van der Waals surface area contributed by atoms with Crippen molar-refractivity contribution in [2.45, 2.75) is 94.6 Å². The summed E-state index contributed by atoms with van der Waals surface area (Å²) in [6, 6.07) is 17.4. The zero-order chi connectivity index (χ0) is 43.1. The molecular weight excluding hydrogens is 798 g/mol. The van der Waals surface area contributed by atoms with Crippen LogP contribution in [-0.2, 0) is 25.4 Å². The molecule has 1 aliphatic carbocycles. The fraction of sp³-hybridized carbons (Fsp3) is 0.465. The number of carbonyl (C=O) groups is 4. The molecule has 1 saturated carbocycles. The Morgan fingerprint density at radius 1 is 0.983 bits per heavy atom. The molecule has 17 heteroatoms. The van der Waals surface area contributed by atoms with Gasteiger partial charge in [-0.2, -0.15) is 18.4 Å². The molecule has 0 bridgehead atoms. The molecule has 3 aromatic carbocycles. The Labute approximate surface area is 352 Å². The van der Waals surface area contributed by atoms with Crippen LogP contribution in [0, 0.1) is 11.3 Å². The second-order valence-corrected chi connectivity index (χ2v) is 17.0. The van der Waals surface area contributed by atoms with Gasteiger partial charge in [0.25, 0.3) is 5.91 Å². The number of carbonyl (C=O) groups excluding carboxylic acids is 4. The minimum absolute atomic E-state index is 0.000807. The second-order valence-electron chi connectivity index (χ2n) is 16.5. The Morgan fingerprint density at radius 3 is 2.35 bits per heavy atom. The first-order valence-corrected chi connectivity index (χ1v) is 20.6. The molecule has 60 heavy (non-hydrogen) atoms. The van der Waals surface area contributed by atoms with Crippen LogP contribution in [0.2, 0.25) is 0 Å². The summed E-state index contributed by atoms with van der Waals surface area (Å²) in [5.41, 5.74) is -0.750. The van der Waals surface area contributed by atoms with E-state index in [-0.39, 0.29) is 54.4 Å². The van der Waals surface area contributed by atoms with Crippen LogP contribution in [0.4, 0.5) is 35.9 Å². The molecule has 1 unspecified atom stereocenters. The molecule has 0 radical (unpaired) electrons. The number of imide groups is 1. The van der Waals surface area contributed by atoms with Crippen molar-refractivity contribution in [3.63, 3.8) is 0 Å². The van der Waals surface area contributed by atoms with Crippen molar-refractivity contribution in [1.82, 2.24) is 15.1 Å². The number of piperidine rings is 1. The molecule has 3 aromatic rings. The molecule has 7 rings (SSSR count). The highest BCUT2D eigenvalue weighted by molar-refractivity contribution is 7.81. The molecule has 3 aliphatic heterocycles. The molecule has 0 aromatic heterocycles. The summed E-state index contributed by atoms with van der Waals surface area (Å²) in [6.45, 7) is 10.4. The van der Waals surface area contributed by atoms with Gasteiger partial charge in [-0.15, -0.1) is 12.6 Å². The lowest BCUT2D eigenvalue weighted by atomic mass is 10.0. The van der Waals surface area contributed by atoms with Crippen LogP contribution in [-0.4, -0.2) is 95.4 Å². The Morgan fingerprint density at radius 2 is 1.68 bits per heavy atom. The number of thiol groups is 1. The van der Waals surface area contributed by atoms with Gasteiger partial charge in [-0.05, 0) is 113 Å². The van der Waals surface area contributed by atoms with Gasteiger partial charge < -0.3 is 20.3 Å². The highest BCUT2D eigenvalue weighted by Gasteiger charge is 2.52. The van der Waals surface area contributed by atoms with Gasteiger partial charge in [0.2, 0.25) is 17.7 Å². The Balaban J connectivity index is 0.945. The van der Waals surface area contributed by atoms with Crippen LogP contribution in [0.1, 0.15) is 76.0 Å². The monoisotopic (exact) mass is 846 g/mol. The average Bonchev–Trinajstić information content (AvgIpc) is 4.01. The van der Waals surface area contributed by atoms with Gasteiger partial charge in [0.15, 0.2) is 5.50 Å². The maximum atomic E-state index is 13.8. The summed E-state index contributed by atoms with van der Waals surface area (Å²) in [7, 11) is 0. The van der Waals surface area contributed by atoms with Gasteiger partial charge in [-0.1, -0.05) is 6.07 Å². The van der Waals surface area contributed by atoms with E-state index in [1.54, 1.807) is 49.1 Å². The third-order valence-corrected chi connectivity index (χ3v) is 12.2. The van der Waals surface area contributed by atoms with Crippen LogP contribution in [0.5, 0.6) is 5.75 Å². The van der Waals surface area contributed by atoms with Crippen molar-refractivity contribution in [1.29, 1.82) is 5.26 Å². The minimum atomic E-state index is -4.78. The second kappa shape index (κ2) is 17.0. The molecule has 3 saturated heterocycles. The lowest BCUT2D eigenvalue weighted by Gasteiger charge is -2.44. The fourth-order valence-electron chi connectivity index (χ4n) is 8.49. The molecular formula is C43H49F3N8O5S. The standard InChI is InChI=1S/C43H49F3N8O5S/c1-25-22-51(23-26(2)52(25)24-38(56)49-30-7-5-6-29(18-30)48-35-13-15-37(55)50-39(35)57)16-17-59-36-14-12-32(19-33(36)27-8-9-27)54-41(60)53(40(58)42(54,3)4)31-11-10-28(21-47)34(20-31)43(44,45)46/h5-7,10-12,14,18-20,25-27,35,41,48,60H,8-9,13,15-17,22-24H2,1-4H3,(H,49,56)(H,50,55,57)/t25-,26+,35-,41?/m1/s1. The lowest BCUT2D eigenvalue weighted by molar-refractivity contribution is -0.138. The van der Waals surface area contributed by atoms with E-state index >= 15 is 0 Å². The van der Waals surface area contributed by atoms with Gasteiger partial charge in [0.1, 0.15) is 23.9 Å². The highest BCUT2D eigenvalue weighted by atomic mass is 32.1. The normalized spacial score (nSPS) is 23.6. The SMILES string of the molecule is C[C@@H]1CN(CCOc2ccc(N3C(S)N(c4ccc(C#N)c(C(F)(F)F)c4)C(=O)C3(C)C)cc2C2CC2)C[C@H](C)N1CC(=O)Nc1cccc(N[C@@H]2CCC(=O)NC2=O)c1. The lowest BCUT2D eigenvalue weighted by Crippen LogP contribution is -2.58. The topological polar surface area (TPSA) is 150 Å². The van der Waals surface area contributed by atoms with E-state index in [0.717, 1.165) is 49.4 Å². The van der Waals surface area contributed by atoms with Crippen LogP contribution in [0.15, 0.2) is 60.7 Å². The number of rotatable bonds is 12. The number of nitrogens with one attached hydrogen (secondary N) is 3. The zero-order valence-electron chi connectivity index (χ0n) is 33.9. The number of halogens is 3. The molecule has 4 aliphatic rings. The Hall–Kier alpha value is -5.31. The van der Waals surface area contributed by atoms with Crippen molar-refractivity contribution < 1.29 is 37.1 Å². The predicted octanol–water partition coefficient (Wildman–Crippen LogP) is 5.93. The largest absolute Gasteiger partial charge is 0.492 e. The van der Waals surface area contributed by atoms with Gasteiger partial charge in [0.05, 0.1) is 23.7 Å². The molecule has 13 nitrogen and oxygen atoms in total. The van der Waals surface area contributed by atoms with Gasteiger partial charge in [-0.25, -0.2) is 0 Å². The number of benzene rings is 3. The van der Waals surface area contributed by atoms with Gasteiger partial charge in [-0.3, -0.25) is 39.2 Å². The molecule has 0 spiro atoms. The summed E-state index contributed by atoms with van der Waals surface area (Å²) >= 11 is 4.77. The van der Waals surface area contributed by atoms with E-state index in [1.807, 2.05) is 18.2 Å². The first kappa shape index (κ1) is 42.8. The number of ether oxygens (including phenoxy) is 1. The number of hydrogen-bond acceptors (Lipinski definition) is 11. The third-order valence-electron chi connectivity index (χ3n) is 11.7. The molecule has 318 valence electrons. The molecule has 3 N–H and O–H groups in total. The summed E-state index contributed by atoms with van der Waals surface area (Å²) in [6.07, 6.45) is -2.14. The van der Waals surface area contributed by atoms with E-state index in [1.165, 1.54) is 11.0 Å². The Kier molecular flexibility index (Phi) is 12.1. The van der Waals surface area contributed by atoms with Crippen LogP contribution < -0.4 is 30.5 Å². The zero-order valence-corrected chi connectivity index (χ0v) is 34.8. The molecule has 4 atom stereocenters. The van der Waals surface area contributed by atoms with Crippen molar-refractivity contribution >= 4 is 59.0 Å². The van der Waals surface area contributed by atoms with Gasteiger partial charge in [0, 0.05) is 60.9 Å². The average molecular weight is 847 g/mol. The highest BCUT2D eigenvalue weighted by Crippen LogP contribution is 2.48. The number of anilines is 4. The number of piperazine rings is 1. The van der Waals surface area contributed by atoms with E-state index in [9.17, 15) is 37.6 Å².